The van der Waals surface area contributed by atoms with E-state index in [-0.39, 0.29) is 11.6 Å². The molecule has 30 heavy (non-hydrogen) atoms. The van der Waals surface area contributed by atoms with Crippen LogP contribution in [-0.2, 0) is 16.0 Å². The van der Waals surface area contributed by atoms with Crippen LogP contribution < -0.4 is 15.8 Å². The Hall–Kier alpha value is -2.78. The molecule has 2 aromatic carbocycles. The molecule has 1 aliphatic rings. The lowest BCUT2D eigenvalue weighted by molar-refractivity contribution is -0.174. The number of ether oxygens (including phenoxy) is 1. The molecular weight excluding hydrogens is 423 g/mol. The van der Waals surface area contributed by atoms with Crippen LogP contribution in [0.25, 0.3) is 0 Å². The summed E-state index contributed by atoms with van der Waals surface area (Å²) in [6, 6.07) is 14.3. The first kappa shape index (κ1) is 21.9. The van der Waals surface area contributed by atoms with E-state index >= 15 is 0 Å². The number of nitrogens with zero attached hydrogens (tertiary/aromatic N) is 1. The van der Waals surface area contributed by atoms with Gasteiger partial charge in [0.15, 0.2) is 0 Å². The Kier molecular flexibility index (Phi) is 6.84. The number of nitrogens with one attached hydrogen (secondary N) is 2. The molecule has 160 valence electrons. The Morgan fingerprint density at radius 1 is 1.13 bits per heavy atom. The molecule has 2 aromatic rings. The number of amides is 2. The lowest BCUT2D eigenvalue weighted by atomic mass is 10.0. The second-order valence-corrected chi connectivity index (χ2v) is 7.08. The molecule has 0 aliphatic carbocycles. The highest BCUT2D eigenvalue weighted by Crippen LogP contribution is 2.25. The van der Waals surface area contributed by atoms with Crippen molar-refractivity contribution >= 4 is 29.1 Å². The quantitative estimate of drug-likeness (QED) is 0.715. The highest BCUT2D eigenvalue weighted by Gasteiger charge is 2.39. The fraction of sp³-hybridized carbons (Fsp3) is 0.300. The fourth-order valence-corrected chi connectivity index (χ4v) is 3.41. The van der Waals surface area contributed by atoms with E-state index in [1.54, 1.807) is 11.5 Å². The van der Waals surface area contributed by atoms with Crippen molar-refractivity contribution in [3.63, 3.8) is 0 Å². The van der Waals surface area contributed by atoms with Crippen LogP contribution in [0, 0.1) is 0 Å². The van der Waals surface area contributed by atoms with Gasteiger partial charge in [-0.25, -0.2) is 0 Å². The Balaban J connectivity index is 1.67. The number of morpholine rings is 1. The van der Waals surface area contributed by atoms with E-state index < -0.39 is 18.0 Å². The van der Waals surface area contributed by atoms with Crippen molar-refractivity contribution in [1.82, 2.24) is 10.9 Å². The largest absolute Gasteiger partial charge is 0.472 e. The molecule has 6 nitrogen and oxygen atoms in total. The zero-order chi connectivity index (χ0) is 21.7. The maximum Gasteiger partial charge on any atom is 0.472 e. The van der Waals surface area contributed by atoms with Crippen molar-refractivity contribution in [2.75, 3.05) is 24.7 Å². The molecule has 0 radical (unpaired) electrons. The summed E-state index contributed by atoms with van der Waals surface area (Å²) >= 11 is 6.32. The monoisotopic (exact) mass is 441 g/mol. The van der Waals surface area contributed by atoms with Gasteiger partial charge in [0.1, 0.15) is 0 Å². The first-order valence-electron chi connectivity index (χ1n) is 9.11. The SMILES string of the molecule is O=C(NNC(=O)C(F)(F)F)c1ccc(CC2COCCN2c2ccccc2)c(Cl)c1. The molecule has 2 N–H and O–H groups in total. The number of anilines is 1. The van der Waals surface area contributed by atoms with Crippen molar-refractivity contribution in [2.45, 2.75) is 18.6 Å². The molecule has 0 spiro atoms. The number of halogens is 4. The molecule has 3 rings (SSSR count). The van der Waals surface area contributed by atoms with Gasteiger partial charge in [-0.1, -0.05) is 35.9 Å². The molecule has 1 heterocycles. The lowest BCUT2D eigenvalue weighted by Gasteiger charge is -2.37. The normalized spacial score (nSPS) is 16.8. The van der Waals surface area contributed by atoms with Gasteiger partial charge in [-0.2, -0.15) is 13.2 Å². The summed E-state index contributed by atoms with van der Waals surface area (Å²) in [7, 11) is 0. The number of hydrazine groups is 1. The topological polar surface area (TPSA) is 70.7 Å². The Morgan fingerprint density at radius 2 is 1.87 bits per heavy atom. The fourth-order valence-electron chi connectivity index (χ4n) is 3.15. The number of benzene rings is 2. The van der Waals surface area contributed by atoms with E-state index in [2.05, 4.69) is 4.90 Å². The average Bonchev–Trinajstić information content (AvgIpc) is 2.73. The van der Waals surface area contributed by atoms with Gasteiger partial charge < -0.3 is 9.64 Å². The maximum atomic E-state index is 12.2. The number of hydrogen-bond donors (Lipinski definition) is 2. The Morgan fingerprint density at radius 3 is 2.53 bits per heavy atom. The van der Waals surface area contributed by atoms with Crippen LogP contribution in [0.2, 0.25) is 5.02 Å². The Bertz CT molecular complexity index is 909. The number of rotatable bonds is 4. The lowest BCUT2D eigenvalue weighted by Crippen LogP contribution is -2.47. The van der Waals surface area contributed by atoms with E-state index in [4.69, 9.17) is 16.3 Å². The zero-order valence-electron chi connectivity index (χ0n) is 15.7. The zero-order valence-corrected chi connectivity index (χ0v) is 16.5. The van der Waals surface area contributed by atoms with Crippen LogP contribution in [0.4, 0.5) is 18.9 Å². The maximum absolute atomic E-state index is 12.2. The van der Waals surface area contributed by atoms with Gasteiger partial charge in [-0.05, 0) is 36.2 Å². The minimum absolute atomic E-state index is 0.0195. The summed E-state index contributed by atoms with van der Waals surface area (Å²) in [6.45, 7) is 1.85. The number of carbonyl (C=O) groups is 2. The molecule has 1 fully saturated rings. The van der Waals surface area contributed by atoms with E-state index in [0.29, 0.717) is 24.7 Å². The smallest absolute Gasteiger partial charge is 0.377 e. The van der Waals surface area contributed by atoms with E-state index in [1.165, 1.54) is 17.6 Å². The molecule has 1 aliphatic heterocycles. The highest BCUT2D eigenvalue weighted by atomic mass is 35.5. The molecule has 1 atom stereocenters. The van der Waals surface area contributed by atoms with Gasteiger partial charge in [0.05, 0.1) is 19.3 Å². The third-order valence-corrected chi connectivity index (χ3v) is 4.99. The number of carbonyl (C=O) groups excluding carboxylic acids is 2. The molecular formula is C20H19ClF3N3O3. The molecule has 10 heteroatoms. The number of hydrogen-bond acceptors (Lipinski definition) is 4. The van der Waals surface area contributed by atoms with Crippen molar-refractivity contribution in [3.8, 4) is 0 Å². The van der Waals surface area contributed by atoms with Crippen LogP contribution >= 0.6 is 11.6 Å². The van der Waals surface area contributed by atoms with Crippen molar-refractivity contribution in [2.24, 2.45) is 0 Å². The average molecular weight is 442 g/mol. The predicted molar refractivity (Wildman–Crippen MR) is 105 cm³/mol. The van der Waals surface area contributed by atoms with Gasteiger partial charge >= 0.3 is 12.1 Å². The van der Waals surface area contributed by atoms with Crippen LogP contribution in [-0.4, -0.2) is 43.8 Å². The number of para-hydroxylation sites is 1. The molecule has 1 unspecified atom stereocenters. The van der Waals surface area contributed by atoms with Crippen molar-refractivity contribution in [3.05, 3.63) is 64.7 Å². The van der Waals surface area contributed by atoms with Gasteiger partial charge in [0.2, 0.25) is 0 Å². The first-order valence-corrected chi connectivity index (χ1v) is 9.49. The Labute approximate surface area is 175 Å². The minimum Gasteiger partial charge on any atom is -0.377 e. The van der Waals surface area contributed by atoms with Crippen LogP contribution in [0.5, 0.6) is 0 Å². The summed E-state index contributed by atoms with van der Waals surface area (Å²) in [6.07, 6.45) is -4.54. The predicted octanol–water partition coefficient (Wildman–Crippen LogP) is 3.11. The van der Waals surface area contributed by atoms with Crippen LogP contribution in [0.3, 0.4) is 0 Å². The summed E-state index contributed by atoms with van der Waals surface area (Å²) in [5.74, 6) is -3.18. The number of alkyl halides is 3. The van der Waals surface area contributed by atoms with Gasteiger partial charge in [0.25, 0.3) is 5.91 Å². The van der Waals surface area contributed by atoms with Crippen molar-refractivity contribution in [1.29, 1.82) is 0 Å². The van der Waals surface area contributed by atoms with Crippen LogP contribution in [0.1, 0.15) is 15.9 Å². The molecule has 0 saturated carbocycles. The van der Waals surface area contributed by atoms with Crippen molar-refractivity contribution < 1.29 is 27.5 Å². The second kappa shape index (κ2) is 9.36. The summed E-state index contributed by atoms with van der Waals surface area (Å²) < 4.78 is 42.2. The minimum atomic E-state index is -5.10. The summed E-state index contributed by atoms with van der Waals surface area (Å²) in [5.41, 5.74) is 4.89. The van der Waals surface area contributed by atoms with E-state index in [9.17, 15) is 22.8 Å². The molecule has 0 bridgehead atoms. The van der Waals surface area contributed by atoms with E-state index in [1.807, 2.05) is 30.3 Å². The third-order valence-electron chi connectivity index (χ3n) is 4.63. The van der Waals surface area contributed by atoms with Gasteiger partial charge in [-0.15, -0.1) is 0 Å². The summed E-state index contributed by atoms with van der Waals surface area (Å²) in [4.78, 5) is 25.0. The van der Waals surface area contributed by atoms with Gasteiger partial charge in [0, 0.05) is 22.8 Å². The highest BCUT2D eigenvalue weighted by molar-refractivity contribution is 6.31. The second-order valence-electron chi connectivity index (χ2n) is 6.67. The molecule has 2 amide bonds. The molecule has 1 saturated heterocycles. The first-order chi connectivity index (χ1) is 14.3. The third kappa shape index (κ3) is 5.43. The molecule has 0 aromatic heterocycles. The standard InChI is InChI=1S/C20H19ClF3N3O3/c21-17-11-14(18(28)25-26-19(29)20(22,23)24)7-6-13(17)10-16-12-30-9-8-27(16)15-4-2-1-3-5-15/h1-7,11,16H,8-10,12H2,(H,25,28)(H,26,29). The summed E-state index contributed by atoms with van der Waals surface area (Å²) in [5, 5.41) is 0.295. The van der Waals surface area contributed by atoms with Crippen LogP contribution in [0.15, 0.2) is 48.5 Å². The van der Waals surface area contributed by atoms with E-state index in [0.717, 1.165) is 17.8 Å². The van der Waals surface area contributed by atoms with Gasteiger partial charge in [-0.3, -0.25) is 20.4 Å².